The maximum absolute atomic E-state index is 11.3. The van der Waals surface area contributed by atoms with Crippen LogP contribution in [0, 0.1) is 0 Å². The quantitative estimate of drug-likeness (QED) is 0.306. The van der Waals surface area contributed by atoms with Crippen LogP contribution in [0.1, 0.15) is 24.5 Å². The van der Waals surface area contributed by atoms with Crippen molar-refractivity contribution >= 4 is 39.8 Å². The molecule has 1 saturated heterocycles. The van der Waals surface area contributed by atoms with Crippen molar-refractivity contribution in [2.45, 2.75) is 32.5 Å². The summed E-state index contributed by atoms with van der Waals surface area (Å²) in [7, 11) is -1.23. The number of aliphatic imine (C=N–C) groups is 1. The van der Waals surface area contributed by atoms with E-state index in [-0.39, 0.29) is 35.8 Å². The largest absolute Gasteiger partial charge is 0.379 e. The van der Waals surface area contributed by atoms with E-state index in [1.54, 1.807) is 7.05 Å². The molecule has 2 rings (SSSR count). The van der Waals surface area contributed by atoms with Gasteiger partial charge in [0.2, 0.25) is 0 Å². The Morgan fingerprint density at radius 2 is 1.89 bits per heavy atom. The number of hydrogen-bond donors (Lipinski definition) is 2. The fourth-order valence-corrected chi connectivity index (χ4v) is 3.74. The maximum atomic E-state index is 11.3. The molecule has 0 spiro atoms. The smallest absolute Gasteiger partial charge is 0.191 e. The Labute approximate surface area is 186 Å². The Morgan fingerprint density at radius 1 is 1.25 bits per heavy atom. The van der Waals surface area contributed by atoms with Crippen LogP contribution in [-0.4, -0.2) is 70.7 Å². The fourth-order valence-electron chi connectivity index (χ4n) is 2.95. The van der Waals surface area contributed by atoms with E-state index in [0.717, 1.165) is 32.8 Å². The molecule has 1 aromatic rings. The SMILES string of the molecule is CN=C(NCc1ccccc1CN1CCOCC1)NC(C)CCS(C)(=O)=O.I. The van der Waals surface area contributed by atoms with Crippen molar-refractivity contribution in [2.75, 3.05) is 45.4 Å². The molecule has 9 heteroatoms. The molecule has 0 saturated carbocycles. The number of nitrogens with one attached hydrogen (secondary N) is 2. The Balaban J connectivity index is 0.00000392. The minimum atomic E-state index is -2.95. The lowest BCUT2D eigenvalue weighted by Crippen LogP contribution is -2.42. The van der Waals surface area contributed by atoms with Crippen molar-refractivity contribution in [1.82, 2.24) is 15.5 Å². The first kappa shape index (κ1) is 25.1. The lowest BCUT2D eigenvalue weighted by Gasteiger charge is -2.27. The van der Waals surface area contributed by atoms with Gasteiger partial charge in [0.15, 0.2) is 5.96 Å². The van der Waals surface area contributed by atoms with Crippen molar-refractivity contribution in [3.63, 3.8) is 0 Å². The van der Waals surface area contributed by atoms with Crippen LogP contribution in [0.4, 0.5) is 0 Å². The lowest BCUT2D eigenvalue weighted by molar-refractivity contribution is 0.0341. The number of ether oxygens (including phenoxy) is 1. The molecule has 28 heavy (non-hydrogen) atoms. The fraction of sp³-hybridized carbons (Fsp3) is 0.632. The first-order chi connectivity index (χ1) is 12.9. The van der Waals surface area contributed by atoms with Gasteiger partial charge in [-0.25, -0.2) is 8.42 Å². The summed E-state index contributed by atoms with van der Waals surface area (Å²) in [6, 6.07) is 8.43. The van der Waals surface area contributed by atoms with Gasteiger partial charge in [-0.05, 0) is 24.5 Å². The van der Waals surface area contributed by atoms with E-state index in [9.17, 15) is 8.42 Å². The number of benzene rings is 1. The van der Waals surface area contributed by atoms with E-state index in [1.165, 1.54) is 17.4 Å². The molecule has 1 fully saturated rings. The highest BCUT2D eigenvalue weighted by molar-refractivity contribution is 14.0. The van der Waals surface area contributed by atoms with Gasteiger partial charge in [-0.15, -0.1) is 24.0 Å². The summed E-state index contributed by atoms with van der Waals surface area (Å²) in [5, 5.41) is 6.60. The normalized spacial score (nSPS) is 16.9. The Kier molecular flexibility index (Phi) is 11.3. The summed E-state index contributed by atoms with van der Waals surface area (Å²) in [6.07, 6.45) is 1.81. The summed E-state index contributed by atoms with van der Waals surface area (Å²) in [5.74, 6) is 0.845. The molecule has 7 nitrogen and oxygen atoms in total. The number of hydrogen-bond acceptors (Lipinski definition) is 5. The van der Waals surface area contributed by atoms with E-state index in [4.69, 9.17) is 4.74 Å². The molecular formula is C19H33IN4O3S. The molecule has 1 atom stereocenters. The van der Waals surface area contributed by atoms with Crippen molar-refractivity contribution in [3.05, 3.63) is 35.4 Å². The lowest BCUT2D eigenvalue weighted by atomic mass is 10.1. The Morgan fingerprint density at radius 3 is 2.50 bits per heavy atom. The van der Waals surface area contributed by atoms with Crippen LogP contribution in [0.3, 0.4) is 0 Å². The van der Waals surface area contributed by atoms with Crippen LogP contribution in [0.25, 0.3) is 0 Å². The molecule has 0 radical (unpaired) electrons. The third kappa shape index (κ3) is 9.53. The number of rotatable bonds is 8. The molecule has 160 valence electrons. The predicted molar refractivity (Wildman–Crippen MR) is 125 cm³/mol. The van der Waals surface area contributed by atoms with E-state index < -0.39 is 9.84 Å². The van der Waals surface area contributed by atoms with Gasteiger partial charge in [-0.3, -0.25) is 9.89 Å². The van der Waals surface area contributed by atoms with Crippen molar-refractivity contribution in [1.29, 1.82) is 0 Å². The van der Waals surface area contributed by atoms with E-state index in [0.29, 0.717) is 18.9 Å². The minimum Gasteiger partial charge on any atom is -0.379 e. The molecule has 1 aromatic carbocycles. The zero-order chi connectivity index (χ0) is 19.7. The number of nitrogens with zero attached hydrogens (tertiary/aromatic N) is 2. The molecule has 1 aliphatic rings. The number of morpholine rings is 1. The zero-order valence-electron chi connectivity index (χ0n) is 17.0. The summed E-state index contributed by atoms with van der Waals surface area (Å²) < 4.78 is 28.1. The maximum Gasteiger partial charge on any atom is 0.191 e. The van der Waals surface area contributed by atoms with Gasteiger partial charge in [0, 0.05) is 45.5 Å². The molecule has 1 heterocycles. The average Bonchev–Trinajstić information content (AvgIpc) is 2.65. The third-order valence-electron chi connectivity index (χ3n) is 4.59. The van der Waals surface area contributed by atoms with Crippen LogP contribution in [0.5, 0.6) is 0 Å². The van der Waals surface area contributed by atoms with Gasteiger partial charge >= 0.3 is 0 Å². The Hall–Kier alpha value is -0.910. The minimum absolute atomic E-state index is 0. The van der Waals surface area contributed by atoms with Gasteiger partial charge in [-0.1, -0.05) is 24.3 Å². The highest BCUT2D eigenvalue weighted by Gasteiger charge is 2.13. The topological polar surface area (TPSA) is 83.0 Å². The van der Waals surface area contributed by atoms with Crippen LogP contribution >= 0.6 is 24.0 Å². The summed E-state index contributed by atoms with van der Waals surface area (Å²) in [6.45, 7) is 7.05. The van der Waals surface area contributed by atoms with Gasteiger partial charge in [0.25, 0.3) is 0 Å². The molecule has 2 N–H and O–H groups in total. The highest BCUT2D eigenvalue weighted by Crippen LogP contribution is 2.13. The number of halogens is 1. The van der Waals surface area contributed by atoms with E-state index in [1.807, 2.05) is 13.0 Å². The third-order valence-corrected chi connectivity index (χ3v) is 5.57. The second kappa shape index (κ2) is 12.6. The average molecular weight is 524 g/mol. The highest BCUT2D eigenvalue weighted by atomic mass is 127. The van der Waals surface area contributed by atoms with Gasteiger partial charge in [-0.2, -0.15) is 0 Å². The molecule has 0 aromatic heterocycles. The summed E-state index contributed by atoms with van der Waals surface area (Å²) >= 11 is 0. The van der Waals surface area contributed by atoms with Gasteiger partial charge < -0.3 is 15.4 Å². The second-order valence-corrected chi connectivity index (χ2v) is 9.31. The molecular weight excluding hydrogens is 491 g/mol. The van der Waals surface area contributed by atoms with E-state index >= 15 is 0 Å². The van der Waals surface area contributed by atoms with Crippen molar-refractivity contribution < 1.29 is 13.2 Å². The zero-order valence-corrected chi connectivity index (χ0v) is 20.1. The van der Waals surface area contributed by atoms with Crippen LogP contribution in [0.15, 0.2) is 29.3 Å². The summed E-state index contributed by atoms with van der Waals surface area (Å²) in [5.41, 5.74) is 2.53. The standard InChI is InChI=1S/C19H32N4O3S.HI/c1-16(8-13-27(3,24)25)22-19(20-2)21-14-17-6-4-5-7-18(17)15-23-9-11-26-12-10-23;/h4-7,16H,8-15H2,1-3H3,(H2,20,21,22);1H. The first-order valence-corrected chi connectivity index (χ1v) is 11.4. The molecule has 1 unspecified atom stereocenters. The predicted octanol–water partition coefficient (Wildman–Crippen LogP) is 1.62. The van der Waals surface area contributed by atoms with Crippen LogP contribution in [-0.2, 0) is 27.7 Å². The van der Waals surface area contributed by atoms with Crippen LogP contribution < -0.4 is 10.6 Å². The molecule has 0 amide bonds. The van der Waals surface area contributed by atoms with Crippen LogP contribution in [0.2, 0.25) is 0 Å². The number of guanidine groups is 1. The first-order valence-electron chi connectivity index (χ1n) is 9.39. The van der Waals surface area contributed by atoms with Crippen molar-refractivity contribution in [3.8, 4) is 0 Å². The van der Waals surface area contributed by atoms with Gasteiger partial charge in [0.1, 0.15) is 9.84 Å². The number of sulfone groups is 1. The monoisotopic (exact) mass is 524 g/mol. The Bertz CT molecular complexity index is 722. The molecule has 0 aliphatic carbocycles. The second-order valence-electron chi connectivity index (χ2n) is 7.05. The van der Waals surface area contributed by atoms with E-state index in [2.05, 4.69) is 38.7 Å². The molecule has 0 bridgehead atoms. The molecule has 1 aliphatic heterocycles. The van der Waals surface area contributed by atoms with Crippen molar-refractivity contribution in [2.24, 2.45) is 4.99 Å². The summed E-state index contributed by atoms with van der Waals surface area (Å²) in [4.78, 5) is 6.66. The van der Waals surface area contributed by atoms with Gasteiger partial charge in [0.05, 0.1) is 19.0 Å².